The maximum absolute atomic E-state index is 11.1. The molecule has 0 unspecified atom stereocenters. The number of tetrazole rings is 1. The van der Waals surface area contributed by atoms with Crippen molar-refractivity contribution >= 4 is 26.0 Å². The van der Waals surface area contributed by atoms with Crippen LogP contribution in [0.4, 0.5) is 0 Å². The van der Waals surface area contributed by atoms with Crippen LogP contribution in [0.1, 0.15) is 0 Å². The molecule has 0 fully saturated rings. The molecule has 9 heteroatoms. The second kappa shape index (κ2) is 3.92. The Morgan fingerprint density at radius 3 is 2.62 bits per heavy atom. The molecule has 7 nitrogen and oxygen atoms in total. The lowest BCUT2D eigenvalue weighted by Gasteiger charge is -2.04. The van der Waals surface area contributed by atoms with Crippen molar-refractivity contribution < 1.29 is 8.42 Å². The Kier molecular flexibility index (Phi) is 2.74. The van der Waals surface area contributed by atoms with Gasteiger partial charge in [0.05, 0.1) is 10.6 Å². The molecule has 0 spiro atoms. The third kappa shape index (κ3) is 2.10. The fraction of sp³-hybridized carbons (Fsp3) is 0. The van der Waals surface area contributed by atoms with Crippen LogP contribution in [0.3, 0.4) is 0 Å². The lowest BCUT2D eigenvalue weighted by atomic mass is 10.3. The Morgan fingerprint density at radius 1 is 1.38 bits per heavy atom. The molecule has 0 aliphatic carbocycles. The van der Waals surface area contributed by atoms with Gasteiger partial charge >= 0.3 is 0 Å². The van der Waals surface area contributed by atoms with Crippen molar-refractivity contribution in [2.45, 2.75) is 4.90 Å². The highest BCUT2D eigenvalue weighted by Crippen LogP contribution is 2.23. The van der Waals surface area contributed by atoms with E-state index >= 15 is 0 Å². The van der Waals surface area contributed by atoms with Crippen LogP contribution < -0.4 is 5.14 Å². The second-order valence-electron chi connectivity index (χ2n) is 2.91. The summed E-state index contributed by atoms with van der Waals surface area (Å²) in [4.78, 5) is 0.0243. The number of sulfonamides is 1. The molecule has 0 amide bonds. The zero-order valence-corrected chi connectivity index (χ0v) is 10.2. The summed E-state index contributed by atoms with van der Waals surface area (Å²) in [5.41, 5.74) is 0.623. The van der Waals surface area contributed by atoms with Crippen LogP contribution in [0, 0.1) is 0 Å². The first-order chi connectivity index (χ1) is 7.48. The molecule has 1 aromatic carbocycles. The van der Waals surface area contributed by atoms with Crippen LogP contribution in [0.25, 0.3) is 5.69 Å². The minimum atomic E-state index is -3.70. The van der Waals surface area contributed by atoms with E-state index in [4.69, 9.17) is 5.14 Å². The van der Waals surface area contributed by atoms with E-state index in [1.54, 1.807) is 6.07 Å². The van der Waals surface area contributed by atoms with E-state index in [-0.39, 0.29) is 4.90 Å². The van der Waals surface area contributed by atoms with E-state index in [0.717, 1.165) is 0 Å². The van der Waals surface area contributed by atoms with Gasteiger partial charge in [0.1, 0.15) is 6.33 Å². The number of halogens is 1. The van der Waals surface area contributed by atoms with Gasteiger partial charge in [-0.05, 0) is 44.6 Å². The standard InChI is InChI=1S/C7H6BrN5O2S/c8-6-3-5(16(9,14)15)1-2-7(6)13-4-10-11-12-13/h1-4H,(H2,9,14,15). The van der Waals surface area contributed by atoms with Gasteiger partial charge in [-0.25, -0.2) is 13.6 Å². The quantitative estimate of drug-likeness (QED) is 0.845. The monoisotopic (exact) mass is 303 g/mol. The third-order valence-corrected chi connectivity index (χ3v) is 3.39. The highest BCUT2D eigenvalue weighted by atomic mass is 79.9. The molecule has 2 aromatic rings. The van der Waals surface area contributed by atoms with Gasteiger partial charge in [0.25, 0.3) is 0 Å². The smallest absolute Gasteiger partial charge is 0.225 e. The van der Waals surface area contributed by atoms with E-state index in [0.29, 0.717) is 10.2 Å². The third-order valence-electron chi connectivity index (χ3n) is 1.84. The summed E-state index contributed by atoms with van der Waals surface area (Å²) in [6.45, 7) is 0. The fourth-order valence-electron chi connectivity index (χ4n) is 1.12. The largest absolute Gasteiger partial charge is 0.238 e. The van der Waals surface area contributed by atoms with E-state index in [9.17, 15) is 8.42 Å². The molecule has 0 saturated heterocycles. The van der Waals surface area contributed by atoms with Crippen molar-refractivity contribution in [2.75, 3.05) is 0 Å². The van der Waals surface area contributed by atoms with E-state index in [1.807, 2.05) is 0 Å². The summed E-state index contributed by atoms with van der Waals surface area (Å²) in [7, 11) is -3.70. The number of nitrogens with two attached hydrogens (primary N) is 1. The average molecular weight is 304 g/mol. The lowest BCUT2D eigenvalue weighted by molar-refractivity contribution is 0.597. The van der Waals surface area contributed by atoms with Crippen LogP contribution in [-0.4, -0.2) is 28.6 Å². The van der Waals surface area contributed by atoms with Crippen LogP contribution in [0.15, 0.2) is 33.9 Å². The van der Waals surface area contributed by atoms with E-state index in [1.165, 1.54) is 23.1 Å². The van der Waals surface area contributed by atoms with E-state index in [2.05, 4.69) is 31.5 Å². The second-order valence-corrected chi connectivity index (χ2v) is 5.33. The number of primary sulfonamides is 1. The molecule has 0 atom stereocenters. The van der Waals surface area contributed by atoms with Crippen LogP contribution >= 0.6 is 15.9 Å². The Labute approximate surface area is 99.4 Å². The van der Waals surface area contributed by atoms with Crippen molar-refractivity contribution in [2.24, 2.45) is 5.14 Å². The average Bonchev–Trinajstić information content (AvgIpc) is 2.69. The summed E-state index contributed by atoms with van der Waals surface area (Å²) in [5, 5.41) is 15.6. The Hall–Kier alpha value is -1.32. The number of hydrogen-bond acceptors (Lipinski definition) is 5. The lowest BCUT2D eigenvalue weighted by Crippen LogP contribution is -2.12. The van der Waals surface area contributed by atoms with Crippen molar-refractivity contribution in [1.82, 2.24) is 20.2 Å². The first-order valence-electron chi connectivity index (χ1n) is 4.04. The molecule has 0 aliphatic heterocycles. The summed E-state index contributed by atoms with van der Waals surface area (Å²) in [6.07, 6.45) is 1.40. The molecule has 1 heterocycles. The minimum absolute atomic E-state index is 0.0243. The fourth-order valence-corrected chi connectivity index (χ4v) is 2.37. The molecule has 0 aliphatic rings. The number of nitrogens with zero attached hydrogens (tertiary/aromatic N) is 4. The first kappa shape index (κ1) is 11.2. The van der Waals surface area contributed by atoms with Crippen molar-refractivity contribution in [1.29, 1.82) is 0 Å². The molecular formula is C7H6BrN5O2S. The molecule has 0 bridgehead atoms. The molecule has 84 valence electrons. The summed E-state index contributed by atoms with van der Waals surface area (Å²) < 4.78 is 24.1. The summed E-state index contributed by atoms with van der Waals surface area (Å²) in [5.74, 6) is 0. The normalized spacial score (nSPS) is 11.6. The van der Waals surface area contributed by atoms with Gasteiger partial charge in [-0.15, -0.1) is 5.10 Å². The topological polar surface area (TPSA) is 104 Å². The first-order valence-corrected chi connectivity index (χ1v) is 6.38. The zero-order chi connectivity index (χ0) is 11.8. The van der Waals surface area contributed by atoms with Crippen LogP contribution in [0.5, 0.6) is 0 Å². The van der Waals surface area contributed by atoms with Crippen molar-refractivity contribution in [3.8, 4) is 5.69 Å². The van der Waals surface area contributed by atoms with Gasteiger partial charge in [0, 0.05) is 4.47 Å². The molecule has 2 rings (SSSR count). The van der Waals surface area contributed by atoms with Gasteiger partial charge < -0.3 is 0 Å². The molecule has 2 N–H and O–H groups in total. The highest BCUT2D eigenvalue weighted by molar-refractivity contribution is 9.10. The SMILES string of the molecule is NS(=O)(=O)c1ccc(-n2cnnn2)c(Br)c1. The maximum Gasteiger partial charge on any atom is 0.238 e. The Balaban J connectivity index is 2.54. The molecule has 0 saturated carbocycles. The number of benzene rings is 1. The van der Waals surface area contributed by atoms with Crippen LogP contribution in [0.2, 0.25) is 0 Å². The molecular weight excluding hydrogens is 298 g/mol. The Bertz CT molecular complexity index is 610. The minimum Gasteiger partial charge on any atom is -0.225 e. The van der Waals surface area contributed by atoms with E-state index < -0.39 is 10.0 Å². The predicted molar refractivity (Wildman–Crippen MR) is 58.2 cm³/mol. The van der Waals surface area contributed by atoms with Crippen molar-refractivity contribution in [3.05, 3.63) is 29.0 Å². The summed E-state index contributed by atoms with van der Waals surface area (Å²) in [6, 6.07) is 4.34. The van der Waals surface area contributed by atoms with Crippen molar-refractivity contribution in [3.63, 3.8) is 0 Å². The van der Waals surface area contributed by atoms with Crippen LogP contribution in [-0.2, 0) is 10.0 Å². The van der Waals surface area contributed by atoms with Gasteiger partial charge in [-0.3, -0.25) is 0 Å². The highest BCUT2D eigenvalue weighted by Gasteiger charge is 2.11. The van der Waals surface area contributed by atoms with Gasteiger partial charge in [0.15, 0.2) is 0 Å². The predicted octanol–water partition coefficient (Wildman–Crippen LogP) is 0.0722. The number of rotatable bonds is 2. The van der Waals surface area contributed by atoms with Gasteiger partial charge in [-0.2, -0.15) is 4.68 Å². The number of hydrogen-bond donors (Lipinski definition) is 1. The van der Waals surface area contributed by atoms with Gasteiger partial charge in [0.2, 0.25) is 10.0 Å². The number of aromatic nitrogens is 4. The Morgan fingerprint density at radius 2 is 2.12 bits per heavy atom. The molecule has 0 radical (unpaired) electrons. The van der Waals surface area contributed by atoms with Gasteiger partial charge in [-0.1, -0.05) is 0 Å². The maximum atomic E-state index is 11.1. The molecule has 1 aromatic heterocycles. The molecule has 16 heavy (non-hydrogen) atoms. The zero-order valence-electron chi connectivity index (χ0n) is 7.78. The summed E-state index contributed by atoms with van der Waals surface area (Å²) >= 11 is 3.22.